The van der Waals surface area contributed by atoms with Gasteiger partial charge in [0, 0.05) is 0 Å². The molecule has 1 aliphatic carbocycles. The first-order valence-electron chi connectivity index (χ1n) is 7.25. The molecule has 5 nitrogen and oxygen atoms in total. The highest BCUT2D eigenvalue weighted by Gasteiger charge is 2.41. The third kappa shape index (κ3) is 3.96. The number of nitrogens with one attached hydrogen (secondary N) is 1. The van der Waals surface area contributed by atoms with E-state index in [1.165, 1.54) is 7.11 Å². The highest BCUT2D eigenvalue weighted by atomic mass is 16.5. The highest BCUT2D eigenvalue weighted by molar-refractivity contribution is 5.89. The minimum Gasteiger partial charge on any atom is -0.467 e. The SMILES string of the molecule is COC(=O)C(CC(C)C)NC(=O)C1(C#N)CCCCC1. The smallest absolute Gasteiger partial charge is 0.328 e. The zero-order chi connectivity index (χ0) is 15.2. The van der Waals surface area contributed by atoms with Crippen LogP contribution in [0.15, 0.2) is 0 Å². The van der Waals surface area contributed by atoms with Gasteiger partial charge < -0.3 is 10.1 Å². The molecule has 1 unspecified atom stereocenters. The van der Waals surface area contributed by atoms with Crippen molar-refractivity contribution in [3.63, 3.8) is 0 Å². The van der Waals surface area contributed by atoms with Crippen LogP contribution in [0.5, 0.6) is 0 Å². The quantitative estimate of drug-likeness (QED) is 0.783. The minimum absolute atomic E-state index is 0.254. The Kier molecular flexibility index (Phi) is 6.00. The largest absolute Gasteiger partial charge is 0.467 e. The second kappa shape index (κ2) is 7.28. The molecule has 112 valence electrons. The van der Waals surface area contributed by atoms with E-state index in [4.69, 9.17) is 4.74 Å². The van der Waals surface area contributed by atoms with Crippen LogP contribution in [-0.4, -0.2) is 25.0 Å². The Balaban J connectivity index is 2.78. The molecule has 5 heteroatoms. The van der Waals surface area contributed by atoms with E-state index in [9.17, 15) is 14.9 Å². The summed E-state index contributed by atoms with van der Waals surface area (Å²) < 4.78 is 4.73. The molecule has 0 aromatic rings. The average Bonchev–Trinajstić information content (AvgIpc) is 2.45. The fraction of sp³-hybridized carbons (Fsp3) is 0.800. The van der Waals surface area contributed by atoms with E-state index in [2.05, 4.69) is 11.4 Å². The topological polar surface area (TPSA) is 79.2 Å². The minimum atomic E-state index is -0.971. The van der Waals surface area contributed by atoms with Gasteiger partial charge in [-0.25, -0.2) is 4.79 Å². The van der Waals surface area contributed by atoms with Crippen LogP contribution in [0.1, 0.15) is 52.4 Å². The Morgan fingerprint density at radius 2 is 1.90 bits per heavy atom. The molecule has 20 heavy (non-hydrogen) atoms. The maximum atomic E-state index is 12.4. The third-order valence-corrected chi connectivity index (χ3v) is 3.85. The summed E-state index contributed by atoms with van der Waals surface area (Å²) in [4.78, 5) is 24.2. The van der Waals surface area contributed by atoms with Crippen molar-refractivity contribution in [2.75, 3.05) is 7.11 Å². The predicted molar refractivity (Wildman–Crippen MR) is 74.5 cm³/mol. The number of methoxy groups -OCH3 is 1. The van der Waals surface area contributed by atoms with Crippen LogP contribution >= 0.6 is 0 Å². The van der Waals surface area contributed by atoms with Gasteiger partial charge in [-0.05, 0) is 25.2 Å². The Labute approximate surface area is 120 Å². The van der Waals surface area contributed by atoms with E-state index in [0.717, 1.165) is 19.3 Å². The zero-order valence-electron chi connectivity index (χ0n) is 12.6. The van der Waals surface area contributed by atoms with Gasteiger partial charge in [-0.3, -0.25) is 4.79 Å². The van der Waals surface area contributed by atoms with Crippen LogP contribution in [0.2, 0.25) is 0 Å². The molecule has 0 aromatic carbocycles. The lowest BCUT2D eigenvalue weighted by atomic mass is 9.74. The Hall–Kier alpha value is -1.57. The molecule has 1 N–H and O–H groups in total. The lowest BCUT2D eigenvalue weighted by Gasteiger charge is -2.31. The number of nitrogens with zero attached hydrogens (tertiary/aromatic N) is 1. The number of carbonyl (C=O) groups excluding carboxylic acids is 2. The third-order valence-electron chi connectivity index (χ3n) is 3.85. The molecular weight excluding hydrogens is 256 g/mol. The monoisotopic (exact) mass is 280 g/mol. The summed E-state index contributed by atoms with van der Waals surface area (Å²) >= 11 is 0. The van der Waals surface area contributed by atoms with Crippen molar-refractivity contribution in [2.45, 2.75) is 58.4 Å². The van der Waals surface area contributed by atoms with Gasteiger partial charge >= 0.3 is 5.97 Å². The molecule has 0 aliphatic heterocycles. The average molecular weight is 280 g/mol. The van der Waals surface area contributed by atoms with E-state index in [0.29, 0.717) is 19.3 Å². The van der Waals surface area contributed by atoms with E-state index in [-0.39, 0.29) is 11.8 Å². The maximum absolute atomic E-state index is 12.4. The van der Waals surface area contributed by atoms with Gasteiger partial charge in [0.1, 0.15) is 11.5 Å². The summed E-state index contributed by atoms with van der Waals surface area (Å²) in [7, 11) is 1.31. The Morgan fingerprint density at radius 1 is 1.30 bits per heavy atom. The molecular formula is C15H24N2O3. The summed E-state index contributed by atoms with van der Waals surface area (Å²) in [5.41, 5.74) is -0.971. The molecule has 0 heterocycles. The number of ether oxygens (including phenoxy) is 1. The molecule has 1 amide bonds. The molecule has 0 radical (unpaired) electrons. The molecule has 0 bridgehead atoms. The fourth-order valence-electron chi connectivity index (χ4n) is 2.67. The van der Waals surface area contributed by atoms with Gasteiger partial charge in [-0.15, -0.1) is 0 Å². The number of nitriles is 1. The number of carbonyl (C=O) groups is 2. The second-order valence-electron chi connectivity index (χ2n) is 5.93. The van der Waals surface area contributed by atoms with Crippen LogP contribution in [0.25, 0.3) is 0 Å². The molecule has 1 rings (SSSR count). The maximum Gasteiger partial charge on any atom is 0.328 e. The Bertz CT molecular complexity index is 392. The van der Waals surface area contributed by atoms with E-state index in [1.54, 1.807) is 0 Å². The van der Waals surface area contributed by atoms with Crippen LogP contribution in [0, 0.1) is 22.7 Å². The van der Waals surface area contributed by atoms with Crippen molar-refractivity contribution in [3.05, 3.63) is 0 Å². The first kappa shape index (κ1) is 16.5. The standard InChI is InChI=1S/C15H24N2O3/c1-11(2)9-12(13(18)20-3)17-14(19)15(10-16)7-5-4-6-8-15/h11-12H,4-9H2,1-3H3,(H,17,19). The molecule has 1 atom stereocenters. The lowest BCUT2D eigenvalue weighted by Crippen LogP contribution is -2.49. The van der Waals surface area contributed by atoms with Crippen molar-refractivity contribution in [2.24, 2.45) is 11.3 Å². The highest BCUT2D eigenvalue weighted by Crippen LogP contribution is 2.36. The summed E-state index contributed by atoms with van der Waals surface area (Å²) in [6.45, 7) is 3.95. The van der Waals surface area contributed by atoms with Crippen LogP contribution in [-0.2, 0) is 14.3 Å². The van der Waals surface area contributed by atoms with E-state index in [1.807, 2.05) is 13.8 Å². The molecule has 0 spiro atoms. The number of amides is 1. The van der Waals surface area contributed by atoms with Gasteiger partial charge in [-0.2, -0.15) is 5.26 Å². The summed E-state index contributed by atoms with van der Waals surface area (Å²) in [6, 6.07) is 1.50. The summed E-state index contributed by atoms with van der Waals surface area (Å²) in [5.74, 6) is -0.518. The van der Waals surface area contributed by atoms with Gasteiger partial charge in [0.05, 0.1) is 13.2 Å². The summed E-state index contributed by atoms with van der Waals surface area (Å²) in [6.07, 6.45) is 4.49. The Morgan fingerprint density at radius 3 is 2.35 bits per heavy atom. The van der Waals surface area contributed by atoms with Crippen molar-refractivity contribution in [3.8, 4) is 6.07 Å². The molecule has 1 saturated carbocycles. The van der Waals surface area contributed by atoms with Gasteiger partial charge in [-0.1, -0.05) is 33.1 Å². The number of rotatable bonds is 5. The molecule has 1 aliphatic rings. The van der Waals surface area contributed by atoms with Crippen LogP contribution in [0.3, 0.4) is 0 Å². The summed E-state index contributed by atoms with van der Waals surface area (Å²) in [5, 5.41) is 12.1. The normalized spacial score (nSPS) is 18.9. The zero-order valence-corrected chi connectivity index (χ0v) is 12.6. The second-order valence-corrected chi connectivity index (χ2v) is 5.93. The molecule has 1 fully saturated rings. The first-order valence-corrected chi connectivity index (χ1v) is 7.25. The van der Waals surface area contributed by atoms with Gasteiger partial charge in [0.25, 0.3) is 0 Å². The molecule has 0 saturated heterocycles. The number of esters is 1. The van der Waals surface area contributed by atoms with Gasteiger partial charge in [0.15, 0.2) is 0 Å². The lowest BCUT2D eigenvalue weighted by molar-refractivity contribution is -0.146. The molecule has 0 aromatic heterocycles. The van der Waals surface area contributed by atoms with Gasteiger partial charge in [0.2, 0.25) is 5.91 Å². The van der Waals surface area contributed by atoms with Crippen LogP contribution < -0.4 is 5.32 Å². The van der Waals surface area contributed by atoms with Crippen molar-refractivity contribution in [1.82, 2.24) is 5.32 Å². The van der Waals surface area contributed by atoms with Crippen molar-refractivity contribution >= 4 is 11.9 Å². The predicted octanol–water partition coefficient (Wildman–Crippen LogP) is 2.16. The van der Waals surface area contributed by atoms with E-state index >= 15 is 0 Å². The van der Waals surface area contributed by atoms with E-state index < -0.39 is 17.4 Å². The number of hydrogen-bond acceptors (Lipinski definition) is 4. The van der Waals surface area contributed by atoms with Crippen molar-refractivity contribution in [1.29, 1.82) is 5.26 Å². The van der Waals surface area contributed by atoms with Crippen LogP contribution in [0.4, 0.5) is 0 Å². The fourth-order valence-corrected chi connectivity index (χ4v) is 2.67. The van der Waals surface area contributed by atoms with Crippen molar-refractivity contribution < 1.29 is 14.3 Å². The first-order chi connectivity index (χ1) is 9.45. The number of hydrogen-bond donors (Lipinski definition) is 1.